The number of para-hydroxylation sites is 1. The molecule has 1 aromatic carbocycles. The molecular weight excluding hydrogens is 240 g/mol. The van der Waals surface area contributed by atoms with Gasteiger partial charge in [0.15, 0.2) is 0 Å². The van der Waals surface area contributed by atoms with Crippen molar-refractivity contribution in [1.29, 1.82) is 0 Å². The summed E-state index contributed by atoms with van der Waals surface area (Å²) < 4.78 is 5.36. The number of hydrogen-bond donors (Lipinski definition) is 1. The van der Waals surface area contributed by atoms with Gasteiger partial charge in [0.1, 0.15) is 5.69 Å². The van der Waals surface area contributed by atoms with Crippen molar-refractivity contribution in [2.24, 2.45) is 11.7 Å². The second-order valence-corrected chi connectivity index (χ2v) is 4.87. The van der Waals surface area contributed by atoms with Crippen LogP contribution in [0, 0.1) is 5.92 Å². The minimum Gasteiger partial charge on any atom is -0.381 e. The quantitative estimate of drug-likeness (QED) is 0.910. The molecule has 2 aromatic rings. The highest BCUT2D eigenvalue weighted by Gasteiger charge is 2.24. The van der Waals surface area contributed by atoms with Gasteiger partial charge >= 0.3 is 0 Å². The first-order valence-electron chi connectivity index (χ1n) is 6.65. The van der Waals surface area contributed by atoms with Gasteiger partial charge in [-0.15, -0.1) is 0 Å². The molecular formula is C14H18N4O. The number of rotatable bonds is 3. The first-order valence-corrected chi connectivity index (χ1v) is 6.65. The largest absolute Gasteiger partial charge is 0.381 e. The van der Waals surface area contributed by atoms with Crippen LogP contribution in [0.25, 0.3) is 5.69 Å². The lowest BCUT2D eigenvalue weighted by Crippen LogP contribution is -2.27. The Bertz CT molecular complexity index is 519. The highest BCUT2D eigenvalue weighted by molar-refractivity contribution is 5.28. The maximum atomic E-state index is 6.29. The molecule has 1 saturated heterocycles. The summed E-state index contributed by atoms with van der Waals surface area (Å²) in [6.07, 6.45) is 3.77. The fourth-order valence-electron chi connectivity index (χ4n) is 2.43. The third kappa shape index (κ3) is 2.67. The zero-order chi connectivity index (χ0) is 13.1. The number of aromatic nitrogens is 3. The van der Waals surface area contributed by atoms with Crippen LogP contribution in [-0.2, 0) is 4.74 Å². The van der Waals surface area contributed by atoms with Crippen LogP contribution in [0.1, 0.15) is 24.6 Å². The topological polar surface area (TPSA) is 66.0 Å². The van der Waals surface area contributed by atoms with E-state index in [9.17, 15) is 0 Å². The number of ether oxygens (including phenoxy) is 1. The Labute approximate surface area is 112 Å². The van der Waals surface area contributed by atoms with Gasteiger partial charge in [-0.2, -0.15) is 15.0 Å². The standard InChI is InChI=1S/C14H18N4O/c15-14(11-6-8-19-9-7-11)13-10-16-18(17-13)12-4-2-1-3-5-12/h1-5,10-11,14H,6-9,15H2. The molecule has 2 N–H and O–H groups in total. The predicted molar refractivity (Wildman–Crippen MR) is 71.8 cm³/mol. The minimum atomic E-state index is -0.0543. The molecule has 19 heavy (non-hydrogen) atoms. The smallest absolute Gasteiger partial charge is 0.100 e. The Morgan fingerprint density at radius 1 is 1.21 bits per heavy atom. The predicted octanol–water partition coefficient (Wildman–Crippen LogP) is 1.69. The average molecular weight is 258 g/mol. The van der Waals surface area contributed by atoms with E-state index in [2.05, 4.69) is 10.2 Å². The molecule has 1 fully saturated rings. The van der Waals surface area contributed by atoms with Crippen molar-refractivity contribution >= 4 is 0 Å². The third-order valence-corrected chi connectivity index (χ3v) is 3.61. The van der Waals surface area contributed by atoms with E-state index in [1.807, 2.05) is 30.3 Å². The summed E-state index contributed by atoms with van der Waals surface area (Å²) in [4.78, 5) is 1.63. The van der Waals surface area contributed by atoms with E-state index in [4.69, 9.17) is 10.5 Å². The summed E-state index contributed by atoms with van der Waals surface area (Å²) >= 11 is 0. The summed E-state index contributed by atoms with van der Waals surface area (Å²) in [5.74, 6) is 0.440. The van der Waals surface area contributed by atoms with Gasteiger partial charge in [0, 0.05) is 13.2 Å². The van der Waals surface area contributed by atoms with E-state index in [0.29, 0.717) is 5.92 Å². The van der Waals surface area contributed by atoms with Gasteiger partial charge in [-0.05, 0) is 30.9 Å². The monoisotopic (exact) mass is 258 g/mol. The van der Waals surface area contributed by atoms with Crippen molar-refractivity contribution in [3.05, 3.63) is 42.2 Å². The second-order valence-electron chi connectivity index (χ2n) is 4.87. The van der Waals surface area contributed by atoms with Crippen molar-refractivity contribution in [2.45, 2.75) is 18.9 Å². The van der Waals surface area contributed by atoms with Crippen LogP contribution < -0.4 is 5.73 Å². The lowest BCUT2D eigenvalue weighted by molar-refractivity contribution is 0.0579. The van der Waals surface area contributed by atoms with Gasteiger partial charge in [-0.1, -0.05) is 18.2 Å². The van der Waals surface area contributed by atoms with Crippen molar-refractivity contribution in [1.82, 2.24) is 15.0 Å². The zero-order valence-corrected chi connectivity index (χ0v) is 10.8. The molecule has 1 unspecified atom stereocenters. The van der Waals surface area contributed by atoms with Gasteiger partial charge in [-0.3, -0.25) is 0 Å². The van der Waals surface area contributed by atoms with Gasteiger partial charge in [0.05, 0.1) is 17.9 Å². The van der Waals surface area contributed by atoms with Crippen LogP contribution in [-0.4, -0.2) is 28.2 Å². The molecule has 1 aromatic heterocycles. The summed E-state index contributed by atoms with van der Waals surface area (Å²) in [5, 5.41) is 8.79. The number of benzene rings is 1. The molecule has 0 spiro atoms. The highest BCUT2D eigenvalue weighted by Crippen LogP contribution is 2.26. The molecule has 5 heteroatoms. The number of nitrogens with two attached hydrogens (primary N) is 1. The van der Waals surface area contributed by atoms with E-state index < -0.39 is 0 Å². The van der Waals surface area contributed by atoms with Crippen LogP contribution in [0.15, 0.2) is 36.5 Å². The molecule has 1 atom stereocenters. The zero-order valence-electron chi connectivity index (χ0n) is 10.8. The molecule has 2 heterocycles. The lowest BCUT2D eigenvalue weighted by atomic mass is 9.91. The minimum absolute atomic E-state index is 0.0543. The van der Waals surface area contributed by atoms with Crippen LogP contribution in [0.3, 0.4) is 0 Å². The van der Waals surface area contributed by atoms with Crippen LogP contribution in [0.5, 0.6) is 0 Å². The van der Waals surface area contributed by atoms with Crippen molar-refractivity contribution in [3.63, 3.8) is 0 Å². The van der Waals surface area contributed by atoms with E-state index in [-0.39, 0.29) is 6.04 Å². The third-order valence-electron chi connectivity index (χ3n) is 3.61. The van der Waals surface area contributed by atoms with Crippen molar-refractivity contribution in [3.8, 4) is 5.69 Å². The Hall–Kier alpha value is -1.72. The Balaban J connectivity index is 1.77. The van der Waals surface area contributed by atoms with Crippen LogP contribution >= 0.6 is 0 Å². The van der Waals surface area contributed by atoms with E-state index in [1.165, 1.54) is 0 Å². The van der Waals surface area contributed by atoms with Crippen LogP contribution in [0.4, 0.5) is 0 Å². The Kier molecular flexibility index (Phi) is 3.57. The molecule has 0 amide bonds. The van der Waals surface area contributed by atoms with Crippen molar-refractivity contribution in [2.75, 3.05) is 13.2 Å². The fraction of sp³-hybridized carbons (Fsp3) is 0.429. The Morgan fingerprint density at radius 2 is 1.95 bits per heavy atom. The number of nitrogens with zero attached hydrogens (tertiary/aromatic N) is 3. The van der Waals surface area contributed by atoms with Crippen LogP contribution in [0.2, 0.25) is 0 Å². The lowest BCUT2D eigenvalue weighted by Gasteiger charge is -2.26. The molecule has 100 valence electrons. The number of hydrogen-bond acceptors (Lipinski definition) is 4. The van der Waals surface area contributed by atoms with Crippen molar-refractivity contribution < 1.29 is 4.74 Å². The maximum Gasteiger partial charge on any atom is 0.100 e. The second kappa shape index (κ2) is 5.50. The maximum absolute atomic E-state index is 6.29. The molecule has 3 rings (SSSR count). The molecule has 1 aliphatic heterocycles. The van der Waals surface area contributed by atoms with E-state index in [0.717, 1.165) is 37.4 Å². The molecule has 0 saturated carbocycles. The SMILES string of the molecule is NC(c1cnn(-c2ccccc2)n1)C1CCOCC1. The highest BCUT2D eigenvalue weighted by atomic mass is 16.5. The summed E-state index contributed by atoms with van der Waals surface area (Å²) in [5.41, 5.74) is 8.10. The molecule has 1 aliphatic rings. The van der Waals surface area contributed by atoms with Gasteiger partial charge in [0.25, 0.3) is 0 Å². The fourth-order valence-corrected chi connectivity index (χ4v) is 2.43. The summed E-state index contributed by atoms with van der Waals surface area (Å²) in [7, 11) is 0. The van der Waals surface area contributed by atoms with E-state index >= 15 is 0 Å². The molecule has 0 aliphatic carbocycles. The first-order chi connectivity index (χ1) is 9.34. The van der Waals surface area contributed by atoms with Gasteiger partial charge in [-0.25, -0.2) is 0 Å². The Morgan fingerprint density at radius 3 is 2.68 bits per heavy atom. The molecule has 0 bridgehead atoms. The normalized spacial score (nSPS) is 18.4. The molecule has 5 nitrogen and oxygen atoms in total. The van der Waals surface area contributed by atoms with E-state index in [1.54, 1.807) is 11.0 Å². The summed E-state index contributed by atoms with van der Waals surface area (Å²) in [6, 6.07) is 9.81. The average Bonchev–Trinajstić information content (AvgIpc) is 2.98. The van der Waals surface area contributed by atoms with Gasteiger partial charge < -0.3 is 10.5 Å². The van der Waals surface area contributed by atoms with Gasteiger partial charge in [0.2, 0.25) is 0 Å². The first kappa shape index (κ1) is 12.3. The molecule has 0 radical (unpaired) electrons. The summed E-state index contributed by atoms with van der Waals surface area (Å²) in [6.45, 7) is 1.59.